The molecule has 0 N–H and O–H groups in total. The van der Waals surface area contributed by atoms with Gasteiger partial charge in [-0.25, -0.2) is 18.0 Å². The SMILES string of the molecule is COC(=O)c1ccc(S(C)(=O)=O)c(C(=O)OC)c1. The quantitative estimate of drug-likeness (QED) is 0.751. The van der Waals surface area contributed by atoms with Crippen LogP contribution in [0.3, 0.4) is 0 Å². The highest BCUT2D eigenvalue weighted by Gasteiger charge is 2.21. The summed E-state index contributed by atoms with van der Waals surface area (Å²) in [6, 6.07) is 3.58. The summed E-state index contributed by atoms with van der Waals surface area (Å²) in [5, 5.41) is 0. The maximum absolute atomic E-state index is 11.5. The lowest BCUT2D eigenvalue weighted by Gasteiger charge is -2.08. The lowest BCUT2D eigenvalue weighted by molar-refractivity contribution is 0.0595. The number of hydrogen-bond donors (Lipinski definition) is 0. The van der Waals surface area contributed by atoms with Crippen LogP contribution in [0.4, 0.5) is 0 Å². The van der Waals surface area contributed by atoms with Crippen LogP contribution in [0.15, 0.2) is 23.1 Å². The smallest absolute Gasteiger partial charge is 0.339 e. The summed E-state index contributed by atoms with van der Waals surface area (Å²) in [6.07, 6.45) is 0.965. The first-order valence-corrected chi connectivity index (χ1v) is 6.71. The second-order valence-corrected chi connectivity index (χ2v) is 5.45. The highest BCUT2D eigenvalue weighted by Crippen LogP contribution is 2.19. The summed E-state index contributed by atoms with van der Waals surface area (Å²) < 4.78 is 32.0. The van der Waals surface area contributed by atoms with Gasteiger partial charge < -0.3 is 9.47 Å². The molecule has 6 nitrogen and oxygen atoms in total. The Hall–Kier alpha value is -1.89. The monoisotopic (exact) mass is 272 g/mol. The van der Waals surface area contributed by atoms with Crippen molar-refractivity contribution in [2.75, 3.05) is 20.5 Å². The molecule has 0 aliphatic rings. The third-order valence-electron chi connectivity index (χ3n) is 2.21. The second kappa shape index (κ2) is 5.18. The van der Waals surface area contributed by atoms with Gasteiger partial charge in [-0.15, -0.1) is 0 Å². The van der Waals surface area contributed by atoms with Crippen LogP contribution in [0.5, 0.6) is 0 Å². The molecule has 0 atom stereocenters. The number of rotatable bonds is 3. The molecule has 0 heterocycles. The molecular weight excluding hydrogens is 260 g/mol. The first-order chi connectivity index (χ1) is 8.31. The van der Waals surface area contributed by atoms with E-state index >= 15 is 0 Å². The van der Waals surface area contributed by atoms with Crippen molar-refractivity contribution in [2.24, 2.45) is 0 Å². The number of ether oxygens (including phenoxy) is 2. The summed E-state index contributed by atoms with van der Waals surface area (Å²) in [4.78, 5) is 22.6. The van der Waals surface area contributed by atoms with Gasteiger partial charge in [0.1, 0.15) is 0 Å². The van der Waals surface area contributed by atoms with Gasteiger partial charge in [-0.3, -0.25) is 0 Å². The summed E-state index contributed by atoms with van der Waals surface area (Å²) >= 11 is 0. The van der Waals surface area contributed by atoms with Gasteiger partial charge in [0.25, 0.3) is 0 Å². The van der Waals surface area contributed by atoms with E-state index in [9.17, 15) is 18.0 Å². The molecule has 0 aromatic heterocycles. The van der Waals surface area contributed by atoms with Crippen LogP contribution in [0.2, 0.25) is 0 Å². The molecule has 0 spiro atoms. The minimum atomic E-state index is -3.59. The molecule has 0 bridgehead atoms. The van der Waals surface area contributed by atoms with Crippen molar-refractivity contribution in [3.63, 3.8) is 0 Å². The van der Waals surface area contributed by atoms with Crippen LogP contribution in [-0.2, 0) is 19.3 Å². The lowest BCUT2D eigenvalue weighted by Crippen LogP contribution is -2.12. The molecule has 7 heteroatoms. The Bertz CT molecular complexity index is 588. The average Bonchev–Trinajstić information content (AvgIpc) is 2.35. The predicted molar refractivity (Wildman–Crippen MR) is 62.2 cm³/mol. The Morgan fingerprint density at radius 1 is 1.06 bits per heavy atom. The summed E-state index contributed by atoms with van der Waals surface area (Å²) in [5.74, 6) is -1.50. The zero-order chi connectivity index (χ0) is 13.9. The fraction of sp³-hybridized carbons (Fsp3) is 0.273. The van der Waals surface area contributed by atoms with E-state index < -0.39 is 21.8 Å². The van der Waals surface area contributed by atoms with Crippen LogP contribution < -0.4 is 0 Å². The maximum atomic E-state index is 11.5. The number of sulfone groups is 1. The van der Waals surface area contributed by atoms with Crippen molar-refractivity contribution in [2.45, 2.75) is 4.90 Å². The van der Waals surface area contributed by atoms with Crippen molar-refractivity contribution < 1.29 is 27.5 Å². The van der Waals surface area contributed by atoms with Crippen molar-refractivity contribution >= 4 is 21.8 Å². The summed E-state index contributed by atoms with van der Waals surface area (Å²) in [6.45, 7) is 0. The standard InChI is InChI=1S/C11H12O6S/c1-16-10(12)7-4-5-9(18(3,14)15)8(6-7)11(13)17-2/h4-6H,1-3H3. The molecule has 0 saturated heterocycles. The molecule has 0 aliphatic carbocycles. The molecule has 0 radical (unpaired) electrons. The number of carbonyl (C=O) groups is 2. The molecule has 0 unspecified atom stereocenters. The van der Waals surface area contributed by atoms with E-state index in [2.05, 4.69) is 9.47 Å². The normalized spacial score (nSPS) is 10.8. The van der Waals surface area contributed by atoms with E-state index in [0.29, 0.717) is 0 Å². The third kappa shape index (κ3) is 2.86. The summed E-state index contributed by atoms with van der Waals surface area (Å²) in [7, 11) is -1.28. The minimum Gasteiger partial charge on any atom is -0.465 e. The second-order valence-electron chi connectivity index (χ2n) is 3.47. The molecule has 1 rings (SSSR count). The Morgan fingerprint density at radius 3 is 2.06 bits per heavy atom. The number of carbonyl (C=O) groups excluding carboxylic acids is 2. The molecular formula is C11H12O6S. The number of esters is 2. The van der Waals surface area contributed by atoms with E-state index in [1.165, 1.54) is 19.2 Å². The van der Waals surface area contributed by atoms with Crippen molar-refractivity contribution in [1.82, 2.24) is 0 Å². The predicted octanol–water partition coefficient (Wildman–Crippen LogP) is 0.663. The van der Waals surface area contributed by atoms with Gasteiger partial charge in [0.05, 0.1) is 30.2 Å². The first-order valence-electron chi connectivity index (χ1n) is 4.82. The fourth-order valence-corrected chi connectivity index (χ4v) is 2.22. The fourth-order valence-electron chi connectivity index (χ4n) is 1.37. The molecule has 1 aromatic carbocycles. The van der Waals surface area contributed by atoms with E-state index in [4.69, 9.17) is 0 Å². The van der Waals surface area contributed by atoms with Gasteiger partial charge in [-0.05, 0) is 18.2 Å². The van der Waals surface area contributed by atoms with E-state index in [-0.39, 0.29) is 16.0 Å². The molecule has 1 aromatic rings. The molecule has 0 amide bonds. The molecule has 18 heavy (non-hydrogen) atoms. The largest absolute Gasteiger partial charge is 0.465 e. The zero-order valence-electron chi connectivity index (χ0n) is 10.1. The Morgan fingerprint density at radius 2 is 1.61 bits per heavy atom. The molecule has 0 saturated carbocycles. The van der Waals surface area contributed by atoms with Crippen LogP contribution in [-0.4, -0.2) is 40.8 Å². The third-order valence-corrected chi connectivity index (χ3v) is 3.36. The summed E-state index contributed by atoms with van der Waals surface area (Å²) in [5.41, 5.74) is -0.117. The highest BCUT2D eigenvalue weighted by atomic mass is 32.2. The maximum Gasteiger partial charge on any atom is 0.339 e. The number of methoxy groups -OCH3 is 2. The van der Waals surface area contributed by atoms with E-state index in [0.717, 1.165) is 19.4 Å². The lowest BCUT2D eigenvalue weighted by atomic mass is 10.1. The van der Waals surface area contributed by atoms with Crippen LogP contribution in [0.1, 0.15) is 20.7 Å². The minimum absolute atomic E-state index is 0.0744. The number of hydrogen-bond acceptors (Lipinski definition) is 6. The number of benzene rings is 1. The van der Waals surface area contributed by atoms with E-state index in [1.54, 1.807) is 0 Å². The molecule has 0 aliphatic heterocycles. The zero-order valence-corrected chi connectivity index (χ0v) is 10.9. The van der Waals surface area contributed by atoms with Crippen LogP contribution in [0.25, 0.3) is 0 Å². The van der Waals surface area contributed by atoms with Crippen LogP contribution >= 0.6 is 0 Å². The Kier molecular flexibility index (Phi) is 4.07. The van der Waals surface area contributed by atoms with Gasteiger partial charge in [0.15, 0.2) is 9.84 Å². The molecule has 98 valence electrons. The topological polar surface area (TPSA) is 86.7 Å². The highest BCUT2D eigenvalue weighted by molar-refractivity contribution is 7.90. The van der Waals surface area contributed by atoms with Crippen LogP contribution in [0, 0.1) is 0 Å². The average molecular weight is 272 g/mol. The van der Waals surface area contributed by atoms with E-state index in [1.807, 2.05) is 0 Å². The van der Waals surface area contributed by atoms with Gasteiger partial charge in [0, 0.05) is 6.26 Å². The van der Waals surface area contributed by atoms with Gasteiger partial charge >= 0.3 is 11.9 Å². The Labute approximate surface area is 104 Å². The van der Waals surface area contributed by atoms with Crippen molar-refractivity contribution in [3.8, 4) is 0 Å². The van der Waals surface area contributed by atoms with Crippen molar-refractivity contribution in [3.05, 3.63) is 29.3 Å². The molecule has 0 fully saturated rings. The first kappa shape index (κ1) is 14.2. The van der Waals surface area contributed by atoms with Gasteiger partial charge in [0.2, 0.25) is 0 Å². The van der Waals surface area contributed by atoms with Gasteiger partial charge in [-0.1, -0.05) is 0 Å². The van der Waals surface area contributed by atoms with Crippen molar-refractivity contribution in [1.29, 1.82) is 0 Å². The van der Waals surface area contributed by atoms with Gasteiger partial charge in [-0.2, -0.15) is 0 Å². The Balaban J connectivity index is 3.49.